The van der Waals surface area contributed by atoms with Gasteiger partial charge in [0.2, 0.25) is 0 Å². The third-order valence-electron chi connectivity index (χ3n) is 2.30. The maximum absolute atomic E-state index is 13.5. The van der Waals surface area contributed by atoms with Crippen molar-refractivity contribution in [3.05, 3.63) is 64.4 Å². The van der Waals surface area contributed by atoms with E-state index in [0.717, 1.165) is 12.1 Å². The van der Waals surface area contributed by atoms with Crippen molar-refractivity contribution in [1.29, 1.82) is 0 Å². The van der Waals surface area contributed by atoms with Gasteiger partial charge in [-0.25, -0.2) is 13.2 Å². The lowest BCUT2D eigenvalue weighted by atomic mass is 10.2. The van der Waals surface area contributed by atoms with E-state index >= 15 is 0 Å². The Labute approximate surface area is 112 Å². The van der Waals surface area contributed by atoms with Crippen LogP contribution in [-0.2, 0) is 5.75 Å². The average molecular weight is 289 g/mol. The van der Waals surface area contributed by atoms with Crippen LogP contribution in [0.15, 0.2) is 41.3 Å². The first-order valence-electron chi connectivity index (χ1n) is 5.08. The summed E-state index contributed by atoms with van der Waals surface area (Å²) in [6, 6.07) is 7.99. The van der Waals surface area contributed by atoms with E-state index in [-0.39, 0.29) is 0 Å². The second kappa shape index (κ2) is 5.67. The highest BCUT2D eigenvalue weighted by Crippen LogP contribution is 2.26. The van der Waals surface area contributed by atoms with Crippen LogP contribution in [0.5, 0.6) is 0 Å². The Bertz CT molecular complexity index is 572. The highest BCUT2D eigenvalue weighted by Gasteiger charge is 2.06. The second-order valence-electron chi connectivity index (χ2n) is 3.60. The molecule has 18 heavy (non-hydrogen) atoms. The Morgan fingerprint density at radius 1 is 0.889 bits per heavy atom. The van der Waals surface area contributed by atoms with Crippen molar-refractivity contribution in [1.82, 2.24) is 0 Å². The van der Waals surface area contributed by atoms with Gasteiger partial charge in [-0.2, -0.15) is 0 Å². The number of benzene rings is 2. The molecule has 0 spiro atoms. The van der Waals surface area contributed by atoms with Gasteiger partial charge < -0.3 is 0 Å². The summed E-state index contributed by atoms with van der Waals surface area (Å²) in [5.41, 5.74) is 0.467. The normalized spacial score (nSPS) is 10.7. The summed E-state index contributed by atoms with van der Waals surface area (Å²) in [5.74, 6) is -1.88. The summed E-state index contributed by atoms with van der Waals surface area (Å²) in [6.07, 6.45) is 0. The van der Waals surface area contributed by atoms with Crippen LogP contribution in [0.1, 0.15) is 5.56 Å². The van der Waals surface area contributed by atoms with Crippen LogP contribution in [0.25, 0.3) is 0 Å². The first kappa shape index (κ1) is 13.3. The van der Waals surface area contributed by atoms with E-state index in [9.17, 15) is 13.2 Å². The van der Waals surface area contributed by atoms with E-state index in [1.807, 2.05) is 0 Å². The van der Waals surface area contributed by atoms with Gasteiger partial charge in [-0.1, -0.05) is 17.7 Å². The number of hydrogen-bond acceptors (Lipinski definition) is 1. The van der Waals surface area contributed by atoms with Gasteiger partial charge in [-0.3, -0.25) is 0 Å². The molecule has 94 valence electrons. The number of hydrogen-bond donors (Lipinski definition) is 0. The third-order valence-corrected chi connectivity index (χ3v) is 3.58. The van der Waals surface area contributed by atoms with E-state index in [2.05, 4.69) is 0 Å². The molecule has 0 heterocycles. The Morgan fingerprint density at radius 3 is 2.33 bits per heavy atom. The average Bonchev–Trinajstić information content (AvgIpc) is 2.32. The van der Waals surface area contributed by atoms with Gasteiger partial charge in [0.1, 0.15) is 5.82 Å². The van der Waals surface area contributed by atoms with Crippen molar-refractivity contribution in [2.45, 2.75) is 10.6 Å². The molecule has 0 aliphatic rings. The van der Waals surface area contributed by atoms with Crippen LogP contribution in [0.3, 0.4) is 0 Å². The van der Waals surface area contributed by atoms with Crippen LogP contribution in [0, 0.1) is 17.5 Å². The summed E-state index contributed by atoms with van der Waals surface area (Å²) in [5, 5.41) is 0.328. The Balaban J connectivity index is 2.09. The minimum absolute atomic E-state index is 0.327. The zero-order chi connectivity index (χ0) is 13.1. The fraction of sp³-hybridized carbons (Fsp3) is 0.0769. The lowest BCUT2D eigenvalue weighted by Gasteiger charge is -2.04. The molecule has 2 rings (SSSR count). The minimum atomic E-state index is -0.906. The zero-order valence-electron chi connectivity index (χ0n) is 9.09. The lowest BCUT2D eigenvalue weighted by molar-refractivity contribution is 0.506. The molecule has 0 fully saturated rings. The van der Waals surface area contributed by atoms with Crippen LogP contribution in [0.2, 0.25) is 5.02 Å². The van der Waals surface area contributed by atoms with Gasteiger partial charge >= 0.3 is 0 Å². The highest BCUT2D eigenvalue weighted by molar-refractivity contribution is 7.98. The van der Waals surface area contributed by atoms with Crippen molar-refractivity contribution >= 4 is 23.4 Å². The van der Waals surface area contributed by atoms with Crippen LogP contribution >= 0.6 is 23.4 Å². The molecule has 5 heteroatoms. The lowest BCUT2D eigenvalue weighted by Crippen LogP contribution is -1.88. The summed E-state index contributed by atoms with van der Waals surface area (Å²) in [6.45, 7) is 0. The van der Waals surface area contributed by atoms with Gasteiger partial charge in [-0.15, -0.1) is 11.8 Å². The predicted octanol–water partition coefficient (Wildman–Crippen LogP) is 5.05. The molecule has 0 N–H and O–H groups in total. The van der Waals surface area contributed by atoms with E-state index in [1.165, 1.54) is 23.9 Å². The van der Waals surface area contributed by atoms with Crippen molar-refractivity contribution in [2.75, 3.05) is 0 Å². The molecule has 2 aromatic rings. The van der Waals surface area contributed by atoms with Gasteiger partial charge in [0.15, 0.2) is 11.6 Å². The highest BCUT2D eigenvalue weighted by atomic mass is 35.5. The van der Waals surface area contributed by atoms with E-state index in [0.29, 0.717) is 21.2 Å². The maximum atomic E-state index is 13.5. The molecule has 0 aliphatic carbocycles. The molecular weight excluding hydrogens is 281 g/mol. The smallest absolute Gasteiger partial charge is 0.159 e. The van der Waals surface area contributed by atoms with E-state index in [4.69, 9.17) is 11.6 Å². The Morgan fingerprint density at radius 2 is 1.67 bits per heavy atom. The van der Waals surface area contributed by atoms with Crippen LogP contribution in [0.4, 0.5) is 13.2 Å². The molecule has 0 radical (unpaired) electrons. The topological polar surface area (TPSA) is 0 Å². The van der Waals surface area contributed by atoms with Gasteiger partial charge in [0.25, 0.3) is 0 Å². The fourth-order valence-electron chi connectivity index (χ4n) is 1.37. The molecule has 0 bridgehead atoms. The second-order valence-corrected chi connectivity index (χ2v) is 5.09. The van der Waals surface area contributed by atoms with Crippen LogP contribution < -0.4 is 0 Å². The Kier molecular flexibility index (Phi) is 4.19. The van der Waals surface area contributed by atoms with E-state index in [1.54, 1.807) is 12.1 Å². The molecule has 0 unspecified atom stereocenters. The molecule has 2 aromatic carbocycles. The van der Waals surface area contributed by atoms with E-state index < -0.39 is 17.5 Å². The molecular formula is C13H8ClF3S. The molecule has 0 amide bonds. The standard InChI is InChI=1S/C13H8ClF3S/c14-9-2-1-8(12(16)5-9)7-18-10-3-4-11(15)13(17)6-10/h1-6H,7H2. The van der Waals surface area contributed by atoms with Gasteiger partial charge in [0, 0.05) is 15.7 Å². The molecule has 0 atom stereocenters. The maximum Gasteiger partial charge on any atom is 0.159 e. The summed E-state index contributed by atoms with van der Waals surface area (Å²) in [7, 11) is 0. The van der Waals surface area contributed by atoms with Crippen molar-refractivity contribution < 1.29 is 13.2 Å². The first-order chi connectivity index (χ1) is 8.56. The van der Waals surface area contributed by atoms with Crippen LogP contribution in [-0.4, -0.2) is 0 Å². The van der Waals surface area contributed by atoms with Gasteiger partial charge in [-0.05, 0) is 35.9 Å². The quantitative estimate of drug-likeness (QED) is 0.712. The monoisotopic (exact) mass is 288 g/mol. The molecule has 0 saturated carbocycles. The van der Waals surface area contributed by atoms with Gasteiger partial charge in [0.05, 0.1) is 0 Å². The molecule has 0 saturated heterocycles. The largest absolute Gasteiger partial charge is 0.207 e. The summed E-state index contributed by atoms with van der Waals surface area (Å²) in [4.78, 5) is 0.545. The van der Waals surface area contributed by atoms with Crippen molar-refractivity contribution in [3.63, 3.8) is 0 Å². The number of thioether (sulfide) groups is 1. The number of rotatable bonds is 3. The van der Waals surface area contributed by atoms with Crippen molar-refractivity contribution in [3.8, 4) is 0 Å². The van der Waals surface area contributed by atoms with Crippen molar-refractivity contribution in [2.24, 2.45) is 0 Å². The Hall–Kier alpha value is -1.13. The third kappa shape index (κ3) is 3.21. The number of halogens is 4. The summed E-state index contributed by atoms with van der Waals surface area (Å²) < 4.78 is 39.1. The SMILES string of the molecule is Fc1ccc(SCc2ccc(Cl)cc2F)cc1F. The minimum Gasteiger partial charge on any atom is -0.207 e. The predicted molar refractivity (Wildman–Crippen MR) is 67.3 cm³/mol. The molecule has 0 aliphatic heterocycles. The zero-order valence-corrected chi connectivity index (χ0v) is 10.7. The molecule has 0 aromatic heterocycles. The first-order valence-corrected chi connectivity index (χ1v) is 6.44. The summed E-state index contributed by atoms with van der Waals surface area (Å²) >= 11 is 6.86. The fourth-order valence-corrected chi connectivity index (χ4v) is 2.43. The molecule has 0 nitrogen and oxygen atoms in total.